The van der Waals surface area contributed by atoms with Gasteiger partial charge in [0.25, 0.3) is 0 Å². The highest BCUT2D eigenvalue weighted by Gasteiger charge is 2.31. The number of carbonyl (C=O) groups excluding carboxylic acids is 1. The van der Waals surface area contributed by atoms with Crippen molar-refractivity contribution in [3.05, 3.63) is 53.4 Å². The van der Waals surface area contributed by atoms with Crippen LogP contribution in [0, 0.1) is 0 Å². The Bertz CT molecular complexity index is 992. The molecule has 1 aromatic heterocycles. The number of halogens is 4. The highest BCUT2D eigenvalue weighted by molar-refractivity contribution is 7.99. The normalized spacial score (nSPS) is 12.8. The molecule has 2 aromatic carbocycles. The summed E-state index contributed by atoms with van der Waals surface area (Å²) in [6.07, 6.45) is -4.27. The maximum absolute atomic E-state index is 12.8. The molecule has 3 aromatic rings. The van der Waals surface area contributed by atoms with E-state index in [4.69, 9.17) is 25.5 Å². The molecule has 0 saturated heterocycles. The number of ether oxygens (including phenoxy) is 2. The van der Waals surface area contributed by atoms with Crippen molar-refractivity contribution in [1.29, 1.82) is 0 Å². The maximum atomic E-state index is 12.8. The number of alkyl halides is 3. The predicted molar refractivity (Wildman–Crippen MR) is 97.6 cm³/mol. The van der Waals surface area contributed by atoms with Gasteiger partial charge in [0, 0.05) is 10.6 Å². The zero-order valence-electron chi connectivity index (χ0n) is 14.3. The lowest BCUT2D eigenvalue weighted by molar-refractivity contribution is -0.147. The summed E-state index contributed by atoms with van der Waals surface area (Å²) in [6, 6.07) is 7.97. The van der Waals surface area contributed by atoms with Crippen molar-refractivity contribution in [2.45, 2.75) is 17.2 Å². The van der Waals surface area contributed by atoms with E-state index in [1.807, 2.05) is 0 Å². The van der Waals surface area contributed by atoms with Gasteiger partial charge in [-0.15, -0.1) is 11.8 Å². The molecule has 0 spiro atoms. The van der Waals surface area contributed by atoms with Crippen LogP contribution < -0.4 is 4.74 Å². The molecular weight excluding hydrogens is 419 g/mol. The molecule has 0 amide bonds. The average molecular weight is 432 g/mol. The number of nitrogens with zero attached hydrogens (tertiary/aromatic N) is 1. The van der Waals surface area contributed by atoms with Crippen molar-refractivity contribution in [3.8, 4) is 5.75 Å². The van der Waals surface area contributed by atoms with Gasteiger partial charge in [-0.2, -0.15) is 13.2 Å². The van der Waals surface area contributed by atoms with Gasteiger partial charge in [-0.1, -0.05) is 11.6 Å². The molecule has 28 heavy (non-hydrogen) atoms. The molecular formula is C18H13ClF3NO4S. The van der Waals surface area contributed by atoms with Crippen LogP contribution in [0.15, 0.2) is 52.1 Å². The Morgan fingerprint density at radius 2 is 2.07 bits per heavy atom. The van der Waals surface area contributed by atoms with Crippen molar-refractivity contribution in [3.63, 3.8) is 0 Å². The van der Waals surface area contributed by atoms with Gasteiger partial charge in [0.15, 0.2) is 12.0 Å². The smallest absolute Gasteiger partial charge is 0.416 e. The van der Waals surface area contributed by atoms with Gasteiger partial charge < -0.3 is 13.9 Å². The third-order valence-corrected chi connectivity index (χ3v) is 5.05. The van der Waals surface area contributed by atoms with E-state index in [2.05, 4.69) is 4.98 Å². The van der Waals surface area contributed by atoms with Crippen molar-refractivity contribution in [2.24, 2.45) is 0 Å². The van der Waals surface area contributed by atoms with Crippen LogP contribution in [0.25, 0.3) is 11.1 Å². The number of esters is 1. The Balaban J connectivity index is 1.74. The number of aromatic nitrogens is 1. The minimum absolute atomic E-state index is 0.0439. The zero-order chi connectivity index (χ0) is 20.3. The van der Waals surface area contributed by atoms with Gasteiger partial charge in [0.05, 0.1) is 17.7 Å². The Morgan fingerprint density at radius 3 is 2.75 bits per heavy atom. The van der Waals surface area contributed by atoms with Crippen molar-refractivity contribution in [2.75, 3.05) is 12.9 Å². The van der Waals surface area contributed by atoms with Gasteiger partial charge in [-0.25, -0.2) is 9.78 Å². The van der Waals surface area contributed by atoms with Crippen LogP contribution in [0.5, 0.6) is 5.75 Å². The lowest BCUT2D eigenvalue weighted by atomic mass is 10.2. The molecule has 1 heterocycles. The number of rotatable bonds is 6. The standard InChI is InChI=1S/C18H13ClF3NO4S/c1-25-17(24)16(8-28-11-3-5-15-13(7-11)23-9-26-15)27-14-4-2-10(6-12(14)19)18(20,21)22/h2-7,9,16H,8H2,1H3. The zero-order valence-corrected chi connectivity index (χ0v) is 15.9. The summed E-state index contributed by atoms with van der Waals surface area (Å²) in [5, 5.41) is -0.252. The first-order chi connectivity index (χ1) is 13.3. The van der Waals surface area contributed by atoms with Gasteiger partial charge in [0.1, 0.15) is 11.3 Å². The fourth-order valence-electron chi connectivity index (χ4n) is 2.31. The SMILES string of the molecule is COC(=O)C(CSc1ccc2ocnc2c1)Oc1ccc(C(F)(F)F)cc1Cl. The molecule has 1 unspecified atom stereocenters. The van der Waals surface area contributed by atoms with Crippen LogP contribution >= 0.6 is 23.4 Å². The van der Waals surface area contributed by atoms with E-state index in [9.17, 15) is 18.0 Å². The second-order valence-corrected chi connectivity index (χ2v) is 7.07. The molecule has 0 N–H and O–H groups in total. The second kappa shape index (κ2) is 8.32. The minimum Gasteiger partial charge on any atom is -0.476 e. The van der Waals surface area contributed by atoms with Gasteiger partial charge in [-0.05, 0) is 36.4 Å². The molecule has 0 saturated carbocycles. The van der Waals surface area contributed by atoms with Crippen LogP contribution in [-0.4, -0.2) is 29.9 Å². The van der Waals surface area contributed by atoms with E-state index in [1.54, 1.807) is 18.2 Å². The summed E-state index contributed by atoms with van der Waals surface area (Å²) in [5.41, 5.74) is 0.378. The number of carbonyl (C=O) groups is 1. The fraction of sp³-hybridized carbons (Fsp3) is 0.222. The first-order valence-corrected chi connectivity index (χ1v) is 9.21. The molecule has 0 aliphatic rings. The average Bonchev–Trinajstić information content (AvgIpc) is 3.12. The molecule has 0 aliphatic heterocycles. The van der Waals surface area contributed by atoms with Crippen molar-refractivity contribution in [1.82, 2.24) is 4.98 Å². The molecule has 3 rings (SSSR count). The molecule has 0 aliphatic carbocycles. The summed E-state index contributed by atoms with van der Waals surface area (Å²) < 4.78 is 53.7. The number of thioether (sulfide) groups is 1. The number of oxazole rings is 1. The summed E-state index contributed by atoms with van der Waals surface area (Å²) in [5.74, 6) is -0.573. The molecule has 5 nitrogen and oxygen atoms in total. The second-order valence-electron chi connectivity index (χ2n) is 5.57. The molecule has 0 bridgehead atoms. The van der Waals surface area contributed by atoms with Crippen LogP contribution in [0.2, 0.25) is 5.02 Å². The first-order valence-electron chi connectivity index (χ1n) is 7.85. The Labute approximate surface area is 166 Å². The summed E-state index contributed by atoms with van der Waals surface area (Å²) in [7, 11) is 1.19. The van der Waals surface area contributed by atoms with Crippen LogP contribution in [0.1, 0.15) is 5.56 Å². The van der Waals surface area contributed by atoms with E-state index in [1.165, 1.54) is 25.3 Å². The molecule has 148 valence electrons. The maximum Gasteiger partial charge on any atom is 0.416 e. The van der Waals surface area contributed by atoms with E-state index in [0.717, 1.165) is 23.1 Å². The number of benzene rings is 2. The molecule has 0 radical (unpaired) electrons. The number of methoxy groups -OCH3 is 1. The Morgan fingerprint density at radius 1 is 1.29 bits per heavy atom. The number of fused-ring (bicyclic) bond motifs is 1. The quantitative estimate of drug-likeness (QED) is 0.394. The summed E-state index contributed by atoms with van der Waals surface area (Å²) >= 11 is 7.19. The first kappa shape index (κ1) is 20.3. The van der Waals surface area contributed by atoms with Gasteiger partial charge in [0.2, 0.25) is 6.10 Å². The van der Waals surface area contributed by atoms with Crippen LogP contribution in [0.3, 0.4) is 0 Å². The van der Waals surface area contributed by atoms with Gasteiger partial charge in [-0.3, -0.25) is 0 Å². The third-order valence-electron chi connectivity index (χ3n) is 3.70. The van der Waals surface area contributed by atoms with Gasteiger partial charge >= 0.3 is 12.1 Å². The minimum atomic E-state index is -4.53. The lowest BCUT2D eigenvalue weighted by Gasteiger charge is -2.18. The Hall–Kier alpha value is -2.39. The van der Waals surface area contributed by atoms with E-state index < -0.39 is 23.8 Å². The Kier molecular flexibility index (Phi) is 6.04. The van der Waals surface area contributed by atoms with Crippen molar-refractivity contribution >= 4 is 40.4 Å². The van der Waals surface area contributed by atoms with Crippen LogP contribution in [0.4, 0.5) is 13.2 Å². The fourth-order valence-corrected chi connectivity index (χ4v) is 3.44. The van der Waals surface area contributed by atoms with Crippen LogP contribution in [-0.2, 0) is 15.7 Å². The summed E-state index contributed by atoms with van der Waals surface area (Å²) in [6.45, 7) is 0. The highest BCUT2D eigenvalue weighted by Crippen LogP contribution is 2.35. The molecule has 1 atom stereocenters. The highest BCUT2D eigenvalue weighted by atomic mass is 35.5. The predicted octanol–water partition coefficient (Wildman–Crippen LogP) is 5.21. The lowest BCUT2D eigenvalue weighted by Crippen LogP contribution is -2.31. The van der Waals surface area contributed by atoms with E-state index >= 15 is 0 Å². The largest absolute Gasteiger partial charge is 0.476 e. The van der Waals surface area contributed by atoms with E-state index in [0.29, 0.717) is 11.1 Å². The summed E-state index contributed by atoms with van der Waals surface area (Å²) in [4.78, 5) is 16.9. The van der Waals surface area contributed by atoms with E-state index in [-0.39, 0.29) is 16.5 Å². The number of hydrogen-bond acceptors (Lipinski definition) is 6. The third kappa shape index (κ3) is 4.71. The topological polar surface area (TPSA) is 61.6 Å². The molecule has 10 heteroatoms. The monoisotopic (exact) mass is 431 g/mol. The number of hydrogen-bond donors (Lipinski definition) is 0. The molecule has 0 fully saturated rings. The van der Waals surface area contributed by atoms with Crippen molar-refractivity contribution < 1.29 is 31.9 Å².